The average Bonchev–Trinajstić information content (AvgIpc) is 2.42. The van der Waals surface area contributed by atoms with Crippen molar-refractivity contribution >= 4 is 17.7 Å². The monoisotopic (exact) mass is 290 g/mol. The molecule has 0 radical (unpaired) electrons. The number of urea groups is 1. The Morgan fingerprint density at radius 2 is 2.00 bits per heavy atom. The number of aryl methyl sites for hydroxylation is 2. The number of amides is 2. The lowest BCUT2D eigenvalue weighted by Crippen LogP contribution is -2.53. The average molecular weight is 290 g/mol. The summed E-state index contributed by atoms with van der Waals surface area (Å²) in [6.07, 6.45) is 1.68. The molecule has 2 atom stereocenters. The largest absolute Gasteiger partial charge is 0.480 e. The van der Waals surface area contributed by atoms with Crippen molar-refractivity contribution in [3.63, 3.8) is 0 Å². The van der Waals surface area contributed by atoms with Gasteiger partial charge < -0.3 is 15.3 Å². The predicted octanol–water partition coefficient (Wildman–Crippen LogP) is 3.02. The standard InChI is InChI=1S/C16H22N2O3/c1-10-6-7-13(9-12(10)3)17-16(21)18-8-4-5-11(2)14(18)15(19)20/h6-7,9,11,14H,4-5,8H2,1-3H3,(H,17,21)(H,19,20). The van der Waals surface area contributed by atoms with Crippen LogP contribution in [0.2, 0.25) is 0 Å². The van der Waals surface area contributed by atoms with Crippen molar-refractivity contribution in [3.8, 4) is 0 Å². The molecule has 0 bridgehead atoms. The number of carbonyl (C=O) groups is 2. The molecular formula is C16H22N2O3. The Balaban J connectivity index is 2.14. The molecule has 1 aliphatic rings. The van der Waals surface area contributed by atoms with E-state index in [0.29, 0.717) is 12.2 Å². The van der Waals surface area contributed by atoms with Crippen LogP contribution < -0.4 is 5.32 Å². The van der Waals surface area contributed by atoms with Gasteiger partial charge in [0.05, 0.1) is 0 Å². The van der Waals surface area contributed by atoms with Crippen LogP contribution in [0.5, 0.6) is 0 Å². The van der Waals surface area contributed by atoms with Crippen LogP contribution in [0.1, 0.15) is 30.9 Å². The Labute approximate surface area is 125 Å². The van der Waals surface area contributed by atoms with Gasteiger partial charge in [-0.3, -0.25) is 0 Å². The third-order valence-electron chi connectivity index (χ3n) is 4.21. The fourth-order valence-electron chi connectivity index (χ4n) is 2.81. The second-order valence-electron chi connectivity index (χ2n) is 5.83. The molecule has 5 nitrogen and oxygen atoms in total. The molecule has 0 aromatic heterocycles. The molecule has 1 heterocycles. The van der Waals surface area contributed by atoms with Crippen LogP contribution in [-0.2, 0) is 4.79 Å². The Morgan fingerprint density at radius 1 is 1.29 bits per heavy atom. The first-order valence-corrected chi connectivity index (χ1v) is 7.28. The summed E-state index contributed by atoms with van der Waals surface area (Å²) in [5.41, 5.74) is 2.95. The zero-order valence-corrected chi connectivity index (χ0v) is 12.7. The van der Waals surface area contributed by atoms with Gasteiger partial charge in [-0.1, -0.05) is 13.0 Å². The molecule has 2 unspecified atom stereocenters. The molecule has 0 spiro atoms. The summed E-state index contributed by atoms with van der Waals surface area (Å²) in [7, 11) is 0. The highest BCUT2D eigenvalue weighted by atomic mass is 16.4. The number of rotatable bonds is 2. The highest BCUT2D eigenvalue weighted by Crippen LogP contribution is 2.24. The molecule has 1 aliphatic heterocycles. The Hall–Kier alpha value is -2.04. The smallest absolute Gasteiger partial charge is 0.326 e. The Morgan fingerprint density at radius 3 is 2.62 bits per heavy atom. The van der Waals surface area contributed by atoms with Gasteiger partial charge in [-0.2, -0.15) is 0 Å². The van der Waals surface area contributed by atoms with E-state index in [0.717, 1.165) is 24.0 Å². The predicted molar refractivity (Wildman–Crippen MR) is 81.5 cm³/mol. The van der Waals surface area contributed by atoms with Gasteiger partial charge in [0, 0.05) is 12.2 Å². The number of carboxylic acid groups (broad SMARTS) is 1. The van der Waals surface area contributed by atoms with Crippen molar-refractivity contribution < 1.29 is 14.7 Å². The van der Waals surface area contributed by atoms with E-state index in [9.17, 15) is 14.7 Å². The van der Waals surface area contributed by atoms with E-state index < -0.39 is 12.0 Å². The van der Waals surface area contributed by atoms with Gasteiger partial charge >= 0.3 is 12.0 Å². The molecule has 0 aliphatic carbocycles. The summed E-state index contributed by atoms with van der Waals surface area (Å²) >= 11 is 0. The Kier molecular flexibility index (Phi) is 4.50. The minimum absolute atomic E-state index is 0.0262. The molecule has 5 heteroatoms. The highest BCUT2D eigenvalue weighted by Gasteiger charge is 2.37. The fourth-order valence-corrected chi connectivity index (χ4v) is 2.81. The van der Waals surface area contributed by atoms with E-state index in [-0.39, 0.29) is 11.9 Å². The lowest BCUT2D eigenvalue weighted by atomic mass is 9.91. The maximum Gasteiger partial charge on any atom is 0.326 e. The Bertz CT molecular complexity index is 556. The number of benzene rings is 1. The molecule has 21 heavy (non-hydrogen) atoms. The van der Waals surface area contributed by atoms with Crippen LogP contribution in [0.15, 0.2) is 18.2 Å². The van der Waals surface area contributed by atoms with Gasteiger partial charge in [0.25, 0.3) is 0 Å². The minimum atomic E-state index is -0.933. The molecule has 2 N–H and O–H groups in total. The lowest BCUT2D eigenvalue weighted by Gasteiger charge is -2.37. The third-order valence-corrected chi connectivity index (χ3v) is 4.21. The van der Waals surface area contributed by atoms with Gasteiger partial charge in [0.15, 0.2) is 0 Å². The van der Waals surface area contributed by atoms with Gasteiger partial charge in [-0.25, -0.2) is 9.59 Å². The zero-order chi connectivity index (χ0) is 15.6. The van der Waals surface area contributed by atoms with Crippen molar-refractivity contribution in [2.75, 3.05) is 11.9 Å². The summed E-state index contributed by atoms with van der Waals surface area (Å²) in [6.45, 7) is 6.36. The quantitative estimate of drug-likeness (QED) is 0.879. The van der Waals surface area contributed by atoms with E-state index in [4.69, 9.17) is 0 Å². The van der Waals surface area contributed by atoms with Gasteiger partial charge in [0.1, 0.15) is 6.04 Å². The van der Waals surface area contributed by atoms with Crippen molar-refractivity contribution in [1.29, 1.82) is 0 Å². The molecular weight excluding hydrogens is 268 g/mol. The highest BCUT2D eigenvalue weighted by molar-refractivity contribution is 5.92. The summed E-state index contributed by atoms with van der Waals surface area (Å²) in [5, 5.41) is 12.2. The molecule has 1 aromatic rings. The number of aliphatic carboxylic acids is 1. The number of carbonyl (C=O) groups excluding carboxylic acids is 1. The van der Waals surface area contributed by atoms with Crippen molar-refractivity contribution in [2.24, 2.45) is 5.92 Å². The van der Waals surface area contributed by atoms with Crippen molar-refractivity contribution in [3.05, 3.63) is 29.3 Å². The summed E-state index contributed by atoms with van der Waals surface area (Å²) in [6, 6.07) is 4.60. The number of piperidine rings is 1. The van der Waals surface area contributed by atoms with E-state index in [1.165, 1.54) is 4.90 Å². The maximum atomic E-state index is 12.4. The third kappa shape index (κ3) is 3.35. The molecule has 2 rings (SSSR count). The molecule has 0 saturated carbocycles. The van der Waals surface area contributed by atoms with Crippen LogP contribution in [0.3, 0.4) is 0 Å². The van der Waals surface area contributed by atoms with E-state index in [1.807, 2.05) is 39.0 Å². The second kappa shape index (κ2) is 6.16. The van der Waals surface area contributed by atoms with Gasteiger partial charge in [0.2, 0.25) is 0 Å². The van der Waals surface area contributed by atoms with E-state index in [1.54, 1.807) is 0 Å². The molecule has 2 amide bonds. The molecule has 1 fully saturated rings. The number of anilines is 1. The first kappa shape index (κ1) is 15.4. The van der Waals surface area contributed by atoms with Crippen molar-refractivity contribution in [1.82, 2.24) is 4.90 Å². The van der Waals surface area contributed by atoms with Crippen LogP contribution in [0, 0.1) is 19.8 Å². The lowest BCUT2D eigenvalue weighted by molar-refractivity contribution is -0.145. The van der Waals surface area contributed by atoms with Crippen LogP contribution in [0.4, 0.5) is 10.5 Å². The zero-order valence-electron chi connectivity index (χ0n) is 12.7. The summed E-state index contributed by atoms with van der Waals surface area (Å²) < 4.78 is 0. The topological polar surface area (TPSA) is 69.6 Å². The van der Waals surface area contributed by atoms with Crippen molar-refractivity contribution in [2.45, 2.75) is 39.7 Å². The fraction of sp³-hybridized carbons (Fsp3) is 0.500. The second-order valence-corrected chi connectivity index (χ2v) is 5.83. The van der Waals surface area contributed by atoms with Gasteiger partial charge in [-0.15, -0.1) is 0 Å². The molecule has 1 aromatic carbocycles. The molecule has 114 valence electrons. The summed E-state index contributed by atoms with van der Waals surface area (Å²) in [4.78, 5) is 25.2. The van der Waals surface area contributed by atoms with Crippen LogP contribution in [-0.4, -0.2) is 34.6 Å². The molecule has 1 saturated heterocycles. The SMILES string of the molecule is Cc1ccc(NC(=O)N2CCCC(C)C2C(=O)O)cc1C. The van der Waals surface area contributed by atoms with Gasteiger partial charge in [-0.05, 0) is 55.9 Å². The van der Waals surface area contributed by atoms with E-state index >= 15 is 0 Å². The maximum absolute atomic E-state index is 12.4. The number of nitrogens with one attached hydrogen (secondary N) is 1. The number of hydrogen-bond donors (Lipinski definition) is 2. The van der Waals surface area contributed by atoms with E-state index in [2.05, 4.69) is 5.32 Å². The van der Waals surface area contributed by atoms with Crippen LogP contribution in [0.25, 0.3) is 0 Å². The first-order valence-electron chi connectivity index (χ1n) is 7.28. The number of nitrogens with zero attached hydrogens (tertiary/aromatic N) is 1. The minimum Gasteiger partial charge on any atom is -0.480 e. The summed E-state index contributed by atoms with van der Waals surface area (Å²) in [5.74, 6) is -0.959. The van der Waals surface area contributed by atoms with Crippen LogP contribution >= 0.6 is 0 Å². The number of carboxylic acids is 1. The number of likely N-dealkylation sites (tertiary alicyclic amines) is 1. The normalized spacial score (nSPS) is 22.0. The number of hydrogen-bond acceptors (Lipinski definition) is 2. The first-order chi connectivity index (χ1) is 9.90.